The average Bonchev–Trinajstić information content (AvgIpc) is 3.17. The maximum atomic E-state index is 4.58. The number of aromatic nitrogens is 1. The quantitative estimate of drug-likeness (QED) is 0.417. The van der Waals surface area contributed by atoms with Crippen molar-refractivity contribution >= 4 is 11.9 Å². The summed E-state index contributed by atoms with van der Waals surface area (Å²) in [5, 5.41) is 0. The van der Waals surface area contributed by atoms with Crippen LogP contribution in [0.2, 0.25) is 0 Å². The van der Waals surface area contributed by atoms with Crippen LogP contribution in [0.4, 0.5) is 5.69 Å². The third-order valence-corrected chi connectivity index (χ3v) is 4.11. The molecule has 0 fully saturated rings. The lowest BCUT2D eigenvalue weighted by atomic mass is 10.1. The van der Waals surface area contributed by atoms with E-state index in [0.717, 1.165) is 16.9 Å². The third kappa shape index (κ3) is 3.59. The van der Waals surface area contributed by atoms with Crippen LogP contribution in [0.15, 0.2) is 108 Å². The Hall–Kier alpha value is -3.39. The Morgan fingerprint density at radius 1 is 0.640 bits per heavy atom. The number of nitrogens with zero attached hydrogens (tertiary/aromatic N) is 2. The number of hydrogen-bond donors (Lipinski definition) is 0. The summed E-state index contributed by atoms with van der Waals surface area (Å²) in [5.41, 5.74) is 5.60. The van der Waals surface area contributed by atoms with Gasteiger partial charge in [0.15, 0.2) is 0 Å². The number of hydrogen-bond acceptors (Lipinski definition) is 1. The lowest BCUT2D eigenvalue weighted by Crippen LogP contribution is -1.88. The van der Waals surface area contributed by atoms with Crippen LogP contribution in [0.1, 0.15) is 5.56 Å². The number of benzene rings is 3. The lowest BCUT2D eigenvalue weighted by Gasteiger charge is -2.01. The first-order valence-electron chi connectivity index (χ1n) is 8.31. The summed E-state index contributed by atoms with van der Waals surface area (Å²) in [6, 6.07) is 31.0. The van der Waals surface area contributed by atoms with Gasteiger partial charge in [-0.3, -0.25) is 4.99 Å². The van der Waals surface area contributed by atoms with E-state index in [-0.39, 0.29) is 0 Å². The van der Waals surface area contributed by atoms with Crippen molar-refractivity contribution in [1.29, 1.82) is 0 Å². The highest BCUT2D eigenvalue weighted by Gasteiger charge is 1.98. The fourth-order valence-electron chi connectivity index (χ4n) is 2.77. The van der Waals surface area contributed by atoms with Gasteiger partial charge in [0.2, 0.25) is 0 Å². The van der Waals surface area contributed by atoms with Crippen molar-refractivity contribution < 1.29 is 0 Å². The molecule has 2 heteroatoms. The Labute approximate surface area is 147 Å². The highest BCUT2D eigenvalue weighted by atomic mass is 14.9. The van der Waals surface area contributed by atoms with E-state index in [1.807, 2.05) is 42.6 Å². The molecule has 25 heavy (non-hydrogen) atoms. The van der Waals surface area contributed by atoms with Gasteiger partial charge in [-0.15, -0.1) is 0 Å². The van der Waals surface area contributed by atoms with E-state index >= 15 is 0 Å². The van der Waals surface area contributed by atoms with Gasteiger partial charge in [-0.25, -0.2) is 0 Å². The lowest BCUT2D eigenvalue weighted by molar-refractivity contribution is 1.08. The first-order chi connectivity index (χ1) is 12.4. The molecule has 0 atom stereocenters. The van der Waals surface area contributed by atoms with E-state index in [4.69, 9.17) is 0 Å². The first-order valence-corrected chi connectivity index (χ1v) is 8.31. The molecule has 1 heterocycles. The van der Waals surface area contributed by atoms with Crippen LogP contribution in [-0.4, -0.2) is 10.8 Å². The number of aliphatic imine (C=N–C) groups is 1. The summed E-state index contributed by atoms with van der Waals surface area (Å²) >= 11 is 0. The highest BCUT2D eigenvalue weighted by molar-refractivity contribution is 5.82. The summed E-state index contributed by atoms with van der Waals surface area (Å²) in [7, 11) is 0. The van der Waals surface area contributed by atoms with Gasteiger partial charge >= 0.3 is 0 Å². The zero-order valence-electron chi connectivity index (χ0n) is 13.8. The maximum absolute atomic E-state index is 4.58. The molecule has 0 radical (unpaired) electrons. The van der Waals surface area contributed by atoms with Crippen molar-refractivity contribution in [2.45, 2.75) is 0 Å². The van der Waals surface area contributed by atoms with Gasteiger partial charge in [0.25, 0.3) is 0 Å². The van der Waals surface area contributed by atoms with Gasteiger partial charge in [-0.1, -0.05) is 60.7 Å². The Kier molecular flexibility index (Phi) is 4.25. The average molecular weight is 322 g/mol. The second-order valence-corrected chi connectivity index (χ2v) is 5.86. The van der Waals surface area contributed by atoms with Gasteiger partial charge in [-0.2, -0.15) is 0 Å². The van der Waals surface area contributed by atoms with Gasteiger partial charge in [0.1, 0.15) is 0 Å². The maximum Gasteiger partial charge on any atom is 0.0630 e. The molecule has 3 aromatic carbocycles. The Morgan fingerprint density at radius 3 is 2.00 bits per heavy atom. The number of rotatable bonds is 4. The Balaban J connectivity index is 1.50. The summed E-state index contributed by atoms with van der Waals surface area (Å²) in [4.78, 5) is 4.58. The fraction of sp³-hybridized carbons (Fsp3) is 0. The molecule has 0 aliphatic heterocycles. The summed E-state index contributed by atoms with van der Waals surface area (Å²) in [6.45, 7) is 0. The van der Waals surface area contributed by atoms with Crippen LogP contribution in [-0.2, 0) is 0 Å². The summed E-state index contributed by atoms with van der Waals surface area (Å²) in [5.74, 6) is 0. The fourth-order valence-corrected chi connectivity index (χ4v) is 2.77. The molecule has 0 N–H and O–H groups in total. The molecule has 0 saturated heterocycles. The van der Waals surface area contributed by atoms with E-state index < -0.39 is 0 Å². The molecule has 4 aromatic rings. The standard InChI is InChI=1S/C23H18N2/c1-3-7-20(8-4-1)21-11-13-22(14-12-21)24-17-19-15-16-25(18-19)23-9-5-2-6-10-23/h1-18H. The van der Waals surface area contributed by atoms with E-state index in [2.05, 4.69) is 76.6 Å². The van der Waals surface area contributed by atoms with Crippen molar-refractivity contribution in [2.24, 2.45) is 4.99 Å². The second-order valence-electron chi connectivity index (χ2n) is 5.86. The van der Waals surface area contributed by atoms with Gasteiger partial charge in [0, 0.05) is 29.9 Å². The van der Waals surface area contributed by atoms with E-state index in [1.165, 1.54) is 11.1 Å². The molecule has 0 aliphatic carbocycles. The van der Waals surface area contributed by atoms with Crippen LogP contribution in [0, 0.1) is 0 Å². The predicted octanol–water partition coefficient (Wildman–Crippen LogP) is 5.89. The van der Waals surface area contributed by atoms with Crippen molar-refractivity contribution in [3.63, 3.8) is 0 Å². The predicted molar refractivity (Wildman–Crippen MR) is 105 cm³/mol. The Bertz CT molecular complexity index is 966. The molecule has 120 valence electrons. The number of para-hydroxylation sites is 1. The van der Waals surface area contributed by atoms with E-state index in [0.29, 0.717) is 0 Å². The van der Waals surface area contributed by atoms with Crippen LogP contribution in [0.5, 0.6) is 0 Å². The van der Waals surface area contributed by atoms with E-state index in [1.54, 1.807) is 0 Å². The van der Waals surface area contributed by atoms with Crippen molar-refractivity contribution in [1.82, 2.24) is 4.57 Å². The second kappa shape index (κ2) is 7.02. The van der Waals surface area contributed by atoms with Crippen LogP contribution in [0.25, 0.3) is 16.8 Å². The van der Waals surface area contributed by atoms with Crippen molar-refractivity contribution in [2.75, 3.05) is 0 Å². The smallest absolute Gasteiger partial charge is 0.0630 e. The van der Waals surface area contributed by atoms with Crippen LogP contribution >= 0.6 is 0 Å². The normalized spacial score (nSPS) is 11.0. The minimum atomic E-state index is 0.951. The van der Waals surface area contributed by atoms with Gasteiger partial charge in [-0.05, 0) is 41.5 Å². The summed E-state index contributed by atoms with van der Waals surface area (Å²) < 4.78 is 2.10. The molecule has 0 saturated carbocycles. The van der Waals surface area contributed by atoms with Crippen molar-refractivity contribution in [3.8, 4) is 16.8 Å². The largest absolute Gasteiger partial charge is 0.323 e. The SMILES string of the molecule is C(=Nc1ccc(-c2ccccc2)cc1)c1ccn(-c2ccccc2)c1. The Morgan fingerprint density at radius 2 is 1.28 bits per heavy atom. The van der Waals surface area contributed by atoms with Crippen LogP contribution in [0.3, 0.4) is 0 Å². The topological polar surface area (TPSA) is 17.3 Å². The molecule has 0 spiro atoms. The minimum Gasteiger partial charge on any atom is -0.323 e. The zero-order chi connectivity index (χ0) is 16.9. The molecule has 0 unspecified atom stereocenters. The molecule has 0 aliphatic rings. The van der Waals surface area contributed by atoms with Gasteiger partial charge < -0.3 is 4.57 Å². The monoisotopic (exact) mass is 322 g/mol. The molecule has 0 bridgehead atoms. The van der Waals surface area contributed by atoms with Crippen molar-refractivity contribution in [3.05, 3.63) is 109 Å². The highest BCUT2D eigenvalue weighted by Crippen LogP contribution is 2.22. The van der Waals surface area contributed by atoms with Gasteiger partial charge in [0.05, 0.1) is 5.69 Å². The van der Waals surface area contributed by atoms with E-state index in [9.17, 15) is 0 Å². The molecular weight excluding hydrogens is 304 g/mol. The molecule has 4 rings (SSSR count). The zero-order valence-corrected chi connectivity index (χ0v) is 13.8. The molecular formula is C23H18N2. The summed E-state index contributed by atoms with van der Waals surface area (Å²) in [6.07, 6.45) is 6.03. The van der Waals surface area contributed by atoms with Crippen LogP contribution < -0.4 is 0 Å². The molecule has 2 nitrogen and oxygen atoms in total. The minimum absolute atomic E-state index is 0.951. The molecule has 1 aromatic heterocycles. The third-order valence-electron chi connectivity index (χ3n) is 4.11. The molecule has 0 amide bonds. The first kappa shape index (κ1) is 15.2.